The van der Waals surface area contributed by atoms with Crippen LogP contribution in [0.3, 0.4) is 0 Å². The molecule has 0 amide bonds. The minimum Gasteiger partial charge on any atom is -0.493 e. The maximum absolute atomic E-state index is 9.48. The van der Waals surface area contributed by atoms with Crippen molar-refractivity contribution in [3.63, 3.8) is 0 Å². The van der Waals surface area contributed by atoms with Gasteiger partial charge in [0.2, 0.25) is 0 Å². The van der Waals surface area contributed by atoms with Gasteiger partial charge in [-0.2, -0.15) is 0 Å². The lowest BCUT2D eigenvalue weighted by Gasteiger charge is -2.33. The average Bonchev–Trinajstić information content (AvgIpc) is 2.73. The number of aliphatic hydroxyl groups excluding tert-OH is 1. The Kier molecular flexibility index (Phi) is 5.26. The van der Waals surface area contributed by atoms with Crippen LogP contribution in [0.2, 0.25) is 0 Å². The zero-order valence-electron chi connectivity index (χ0n) is 12.4. The standard InChI is InChI=1S/C16H25NO3/c1-19-14-6-5-13(11-15(14)20-2)16(8-10-18)7-3-4-9-17-12-16/h5-6,11,17-18H,3-4,7-10,12H2,1-2H3. The monoisotopic (exact) mass is 279 g/mol. The summed E-state index contributed by atoms with van der Waals surface area (Å²) >= 11 is 0. The third-order valence-corrected chi connectivity index (χ3v) is 4.31. The van der Waals surface area contributed by atoms with Crippen molar-refractivity contribution in [2.24, 2.45) is 0 Å². The molecule has 1 aliphatic heterocycles. The predicted molar refractivity (Wildman–Crippen MR) is 79.6 cm³/mol. The molecule has 4 heteroatoms. The van der Waals surface area contributed by atoms with Crippen LogP contribution in [0.1, 0.15) is 31.2 Å². The maximum atomic E-state index is 9.48. The van der Waals surface area contributed by atoms with E-state index in [0.717, 1.165) is 37.4 Å². The molecule has 2 N–H and O–H groups in total. The minimum atomic E-state index is -0.00913. The Bertz CT molecular complexity index is 426. The Morgan fingerprint density at radius 2 is 2.00 bits per heavy atom. The lowest BCUT2D eigenvalue weighted by Crippen LogP contribution is -2.37. The van der Waals surface area contributed by atoms with Crippen LogP contribution in [-0.2, 0) is 5.41 Å². The van der Waals surface area contributed by atoms with Crippen molar-refractivity contribution in [3.8, 4) is 11.5 Å². The molecule has 0 bridgehead atoms. The van der Waals surface area contributed by atoms with Crippen molar-refractivity contribution in [2.45, 2.75) is 31.1 Å². The highest BCUT2D eigenvalue weighted by molar-refractivity contribution is 5.45. The SMILES string of the molecule is COc1ccc(C2(CCO)CCCCNC2)cc1OC. The Labute approximate surface area is 121 Å². The Balaban J connectivity index is 2.37. The van der Waals surface area contributed by atoms with E-state index in [1.54, 1.807) is 14.2 Å². The Hall–Kier alpha value is -1.26. The second-order valence-corrected chi connectivity index (χ2v) is 5.46. The molecule has 2 rings (SSSR count). The first-order valence-corrected chi connectivity index (χ1v) is 7.30. The van der Waals surface area contributed by atoms with E-state index in [2.05, 4.69) is 17.4 Å². The molecular weight excluding hydrogens is 254 g/mol. The highest BCUT2D eigenvalue weighted by Crippen LogP contribution is 2.38. The highest BCUT2D eigenvalue weighted by Gasteiger charge is 2.33. The van der Waals surface area contributed by atoms with E-state index in [0.29, 0.717) is 0 Å². The zero-order chi connectivity index (χ0) is 14.4. The first-order valence-electron chi connectivity index (χ1n) is 7.30. The predicted octanol–water partition coefficient (Wildman–Crippen LogP) is 2.10. The number of rotatable bonds is 5. The summed E-state index contributed by atoms with van der Waals surface area (Å²) in [5.41, 5.74) is 1.21. The van der Waals surface area contributed by atoms with Crippen molar-refractivity contribution >= 4 is 0 Å². The maximum Gasteiger partial charge on any atom is 0.161 e. The molecule has 1 saturated heterocycles. The van der Waals surface area contributed by atoms with Crippen LogP contribution in [0.25, 0.3) is 0 Å². The van der Waals surface area contributed by atoms with E-state index in [4.69, 9.17) is 9.47 Å². The molecule has 0 aromatic heterocycles. The van der Waals surface area contributed by atoms with E-state index >= 15 is 0 Å². The van der Waals surface area contributed by atoms with Crippen LogP contribution in [0.5, 0.6) is 11.5 Å². The first-order chi connectivity index (χ1) is 9.75. The molecule has 1 atom stereocenters. The molecule has 112 valence electrons. The summed E-state index contributed by atoms with van der Waals surface area (Å²) in [6.45, 7) is 2.17. The molecule has 1 aromatic rings. The molecule has 1 unspecified atom stereocenters. The second kappa shape index (κ2) is 6.95. The molecule has 0 aliphatic carbocycles. The van der Waals surface area contributed by atoms with E-state index < -0.39 is 0 Å². The number of aliphatic hydroxyl groups is 1. The first kappa shape index (κ1) is 15.1. The van der Waals surface area contributed by atoms with Crippen LogP contribution < -0.4 is 14.8 Å². The van der Waals surface area contributed by atoms with Gasteiger partial charge in [0.1, 0.15) is 0 Å². The third-order valence-electron chi connectivity index (χ3n) is 4.31. The van der Waals surface area contributed by atoms with Crippen molar-refractivity contribution in [1.82, 2.24) is 5.32 Å². The number of nitrogens with one attached hydrogen (secondary N) is 1. The van der Waals surface area contributed by atoms with Crippen molar-refractivity contribution in [3.05, 3.63) is 23.8 Å². The van der Waals surface area contributed by atoms with Crippen LogP contribution >= 0.6 is 0 Å². The molecule has 20 heavy (non-hydrogen) atoms. The third kappa shape index (κ3) is 3.07. The highest BCUT2D eigenvalue weighted by atomic mass is 16.5. The quantitative estimate of drug-likeness (QED) is 0.866. The van der Waals surface area contributed by atoms with Gasteiger partial charge in [0.05, 0.1) is 14.2 Å². The smallest absolute Gasteiger partial charge is 0.161 e. The molecule has 1 heterocycles. The zero-order valence-corrected chi connectivity index (χ0v) is 12.4. The number of hydrogen-bond acceptors (Lipinski definition) is 4. The van der Waals surface area contributed by atoms with Gasteiger partial charge < -0.3 is 19.9 Å². The van der Waals surface area contributed by atoms with Gasteiger partial charge in [0.25, 0.3) is 0 Å². The van der Waals surface area contributed by atoms with Gasteiger partial charge in [-0.1, -0.05) is 12.5 Å². The van der Waals surface area contributed by atoms with Gasteiger partial charge in [-0.25, -0.2) is 0 Å². The van der Waals surface area contributed by atoms with Crippen molar-refractivity contribution in [2.75, 3.05) is 33.9 Å². The normalized spacial score (nSPS) is 23.1. The van der Waals surface area contributed by atoms with Gasteiger partial charge in [-0.05, 0) is 43.5 Å². The second-order valence-electron chi connectivity index (χ2n) is 5.46. The topological polar surface area (TPSA) is 50.7 Å². The summed E-state index contributed by atoms with van der Waals surface area (Å²) in [4.78, 5) is 0. The minimum absolute atomic E-state index is 0.00913. The van der Waals surface area contributed by atoms with Crippen LogP contribution in [0.15, 0.2) is 18.2 Å². The van der Waals surface area contributed by atoms with E-state index in [9.17, 15) is 5.11 Å². The van der Waals surface area contributed by atoms with E-state index in [1.165, 1.54) is 18.4 Å². The van der Waals surface area contributed by atoms with Crippen LogP contribution in [-0.4, -0.2) is 39.0 Å². The fourth-order valence-corrected chi connectivity index (χ4v) is 3.11. The Morgan fingerprint density at radius 3 is 2.70 bits per heavy atom. The lowest BCUT2D eigenvalue weighted by molar-refractivity contribution is 0.227. The summed E-state index contributed by atoms with van der Waals surface area (Å²) in [5, 5.41) is 13.0. The number of benzene rings is 1. The summed E-state index contributed by atoms with van der Waals surface area (Å²) < 4.78 is 10.7. The Morgan fingerprint density at radius 1 is 1.20 bits per heavy atom. The molecule has 1 fully saturated rings. The fourth-order valence-electron chi connectivity index (χ4n) is 3.11. The lowest BCUT2D eigenvalue weighted by atomic mass is 9.74. The molecule has 0 spiro atoms. The molecule has 0 radical (unpaired) electrons. The van der Waals surface area contributed by atoms with Gasteiger partial charge in [0, 0.05) is 18.6 Å². The molecule has 1 aromatic carbocycles. The van der Waals surface area contributed by atoms with Crippen molar-refractivity contribution < 1.29 is 14.6 Å². The number of methoxy groups -OCH3 is 2. The van der Waals surface area contributed by atoms with Gasteiger partial charge in [-0.3, -0.25) is 0 Å². The largest absolute Gasteiger partial charge is 0.493 e. The average molecular weight is 279 g/mol. The summed E-state index contributed by atoms with van der Waals surface area (Å²) in [7, 11) is 3.31. The molecular formula is C16H25NO3. The van der Waals surface area contributed by atoms with Gasteiger partial charge in [-0.15, -0.1) is 0 Å². The van der Waals surface area contributed by atoms with Crippen LogP contribution in [0, 0.1) is 0 Å². The van der Waals surface area contributed by atoms with E-state index in [1.807, 2.05) is 6.07 Å². The number of ether oxygens (including phenoxy) is 2. The fraction of sp³-hybridized carbons (Fsp3) is 0.625. The summed E-state index contributed by atoms with van der Waals surface area (Å²) in [5.74, 6) is 1.50. The molecule has 1 aliphatic rings. The van der Waals surface area contributed by atoms with Crippen molar-refractivity contribution in [1.29, 1.82) is 0 Å². The van der Waals surface area contributed by atoms with Crippen LogP contribution in [0.4, 0.5) is 0 Å². The summed E-state index contributed by atoms with van der Waals surface area (Å²) in [6.07, 6.45) is 4.24. The molecule has 0 saturated carbocycles. The van der Waals surface area contributed by atoms with Gasteiger partial charge in [0.15, 0.2) is 11.5 Å². The molecule has 4 nitrogen and oxygen atoms in total. The number of hydrogen-bond donors (Lipinski definition) is 2. The van der Waals surface area contributed by atoms with E-state index in [-0.39, 0.29) is 12.0 Å². The van der Waals surface area contributed by atoms with Gasteiger partial charge >= 0.3 is 0 Å². The summed E-state index contributed by atoms with van der Waals surface area (Å²) in [6, 6.07) is 6.11.